The minimum absolute atomic E-state index is 0.183. The number of carbonyl (C=O) groups is 2. The van der Waals surface area contributed by atoms with Gasteiger partial charge in [-0.25, -0.2) is 4.79 Å². The highest BCUT2D eigenvalue weighted by molar-refractivity contribution is 5.86. The van der Waals surface area contributed by atoms with Gasteiger partial charge in [0.15, 0.2) is 0 Å². The van der Waals surface area contributed by atoms with E-state index in [1.807, 2.05) is 20.8 Å². The number of carbonyl (C=O) groups excluding carboxylic acids is 2. The Kier molecular flexibility index (Phi) is 4.58. The zero-order valence-electron chi connectivity index (χ0n) is 10.3. The van der Waals surface area contributed by atoms with E-state index in [4.69, 9.17) is 0 Å². The van der Waals surface area contributed by atoms with Crippen molar-refractivity contribution in [2.75, 3.05) is 14.1 Å². The molecule has 0 aliphatic rings. The zero-order valence-corrected chi connectivity index (χ0v) is 10.3. The second-order valence-electron chi connectivity index (χ2n) is 4.80. The van der Waals surface area contributed by atoms with Crippen molar-refractivity contribution >= 4 is 11.9 Å². The summed E-state index contributed by atoms with van der Waals surface area (Å²) in [4.78, 5) is 24.2. The van der Waals surface area contributed by atoms with Crippen molar-refractivity contribution in [2.24, 2.45) is 0 Å². The molecule has 0 aromatic carbocycles. The van der Waals surface area contributed by atoms with Crippen LogP contribution in [0.15, 0.2) is 0 Å². The van der Waals surface area contributed by atoms with Crippen molar-refractivity contribution in [3.63, 3.8) is 0 Å². The Morgan fingerprint density at radius 2 is 1.67 bits per heavy atom. The van der Waals surface area contributed by atoms with Crippen LogP contribution in [0.2, 0.25) is 0 Å². The van der Waals surface area contributed by atoms with Crippen LogP contribution in [0, 0.1) is 0 Å². The highest BCUT2D eigenvalue weighted by Crippen LogP contribution is 1.99. The topological polar surface area (TPSA) is 61.4 Å². The highest BCUT2D eigenvalue weighted by Gasteiger charge is 2.20. The van der Waals surface area contributed by atoms with E-state index in [-0.39, 0.29) is 17.5 Å². The summed E-state index contributed by atoms with van der Waals surface area (Å²) in [5.74, 6) is -0.183. The Hall–Kier alpha value is -1.26. The molecule has 0 aliphatic heterocycles. The van der Waals surface area contributed by atoms with Crippen LogP contribution in [0.1, 0.15) is 27.7 Å². The molecule has 0 aliphatic carbocycles. The Morgan fingerprint density at radius 3 is 2.00 bits per heavy atom. The molecule has 0 aromatic heterocycles. The van der Waals surface area contributed by atoms with Crippen molar-refractivity contribution in [3.8, 4) is 0 Å². The van der Waals surface area contributed by atoms with Crippen molar-refractivity contribution in [2.45, 2.75) is 39.3 Å². The first-order chi connectivity index (χ1) is 6.63. The van der Waals surface area contributed by atoms with Gasteiger partial charge in [0, 0.05) is 19.6 Å². The molecule has 0 saturated heterocycles. The third-order valence-electron chi connectivity index (χ3n) is 1.64. The van der Waals surface area contributed by atoms with Gasteiger partial charge in [0.25, 0.3) is 0 Å². The van der Waals surface area contributed by atoms with E-state index in [9.17, 15) is 9.59 Å². The summed E-state index contributed by atoms with van der Waals surface area (Å²) in [7, 11) is 3.26. The van der Waals surface area contributed by atoms with E-state index in [0.29, 0.717) is 0 Å². The largest absolute Gasteiger partial charge is 0.350 e. The fourth-order valence-corrected chi connectivity index (χ4v) is 0.858. The van der Waals surface area contributed by atoms with E-state index in [2.05, 4.69) is 10.6 Å². The Bertz CT molecular complexity index is 244. The average Bonchev–Trinajstić information content (AvgIpc) is 2.00. The minimum Gasteiger partial charge on any atom is -0.350 e. The van der Waals surface area contributed by atoms with Crippen LogP contribution in [-0.4, -0.2) is 42.5 Å². The summed E-state index contributed by atoms with van der Waals surface area (Å²) < 4.78 is 0. The number of hydrogen-bond acceptors (Lipinski definition) is 2. The molecule has 2 N–H and O–H groups in total. The first-order valence-electron chi connectivity index (χ1n) is 4.93. The molecule has 0 radical (unpaired) electrons. The third kappa shape index (κ3) is 5.93. The summed E-state index contributed by atoms with van der Waals surface area (Å²) in [6.45, 7) is 7.34. The molecule has 0 bridgehead atoms. The van der Waals surface area contributed by atoms with Gasteiger partial charge in [0.2, 0.25) is 5.91 Å². The second kappa shape index (κ2) is 5.00. The van der Waals surface area contributed by atoms with E-state index in [1.54, 1.807) is 21.0 Å². The molecule has 0 fully saturated rings. The molecule has 0 heterocycles. The minimum atomic E-state index is -0.529. The molecule has 0 saturated carbocycles. The smallest absolute Gasteiger partial charge is 0.317 e. The molecule has 1 unspecified atom stereocenters. The Morgan fingerprint density at radius 1 is 1.20 bits per heavy atom. The van der Waals surface area contributed by atoms with Crippen LogP contribution >= 0.6 is 0 Å². The average molecular weight is 215 g/mol. The van der Waals surface area contributed by atoms with Gasteiger partial charge in [-0.2, -0.15) is 0 Å². The number of nitrogens with zero attached hydrogens (tertiary/aromatic N) is 1. The fourth-order valence-electron chi connectivity index (χ4n) is 0.858. The maximum atomic E-state index is 11.6. The van der Waals surface area contributed by atoms with Gasteiger partial charge in [-0.3, -0.25) is 4.79 Å². The van der Waals surface area contributed by atoms with Crippen molar-refractivity contribution < 1.29 is 9.59 Å². The summed E-state index contributed by atoms with van der Waals surface area (Å²) in [5.41, 5.74) is -0.284. The molecular weight excluding hydrogens is 194 g/mol. The first kappa shape index (κ1) is 13.7. The van der Waals surface area contributed by atoms with Gasteiger partial charge in [-0.1, -0.05) is 0 Å². The SMILES string of the molecule is CC(NC(=O)N(C)C)C(=O)NC(C)(C)C. The van der Waals surface area contributed by atoms with Crippen molar-refractivity contribution in [1.29, 1.82) is 0 Å². The zero-order chi connectivity index (χ0) is 12.2. The van der Waals surface area contributed by atoms with Crippen LogP contribution in [0.5, 0.6) is 0 Å². The van der Waals surface area contributed by atoms with Gasteiger partial charge >= 0.3 is 6.03 Å². The second-order valence-corrected chi connectivity index (χ2v) is 4.80. The number of nitrogens with one attached hydrogen (secondary N) is 2. The quantitative estimate of drug-likeness (QED) is 0.707. The Labute approximate surface area is 91.2 Å². The predicted octanol–water partition coefficient (Wildman–Crippen LogP) is 0.561. The van der Waals surface area contributed by atoms with Crippen LogP contribution in [0.4, 0.5) is 4.79 Å². The maximum absolute atomic E-state index is 11.6. The van der Waals surface area contributed by atoms with Crippen molar-refractivity contribution in [3.05, 3.63) is 0 Å². The lowest BCUT2D eigenvalue weighted by atomic mass is 10.1. The lowest BCUT2D eigenvalue weighted by Crippen LogP contribution is -2.52. The van der Waals surface area contributed by atoms with Gasteiger partial charge in [-0.05, 0) is 27.7 Å². The van der Waals surface area contributed by atoms with E-state index in [1.165, 1.54) is 4.90 Å². The molecule has 1 atom stereocenters. The number of rotatable bonds is 2. The molecule has 5 heteroatoms. The van der Waals surface area contributed by atoms with Crippen LogP contribution < -0.4 is 10.6 Å². The molecule has 0 spiro atoms. The molecule has 15 heavy (non-hydrogen) atoms. The molecule has 3 amide bonds. The number of amides is 3. The van der Waals surface area contributed by atoms with Gasteiger partial charge in [-0.15, -0.1) is 0 Å². The standard InChI is InChI=1S/C10H21N3O2/c1-7(11-9(15)13(5)6)8(14)12-10(2,3)4/h7H,1-6H3,(H,11,15)(H,12,14). The molecular formula is C10H21N3O2. The first-order valence-corrected chi connectivity index (χ1v) is 4.93. The van der Waals surface area contributed by atoms with Gasteiger partial charge in [0.05, 0.1) is 0 Å². The van der Waals surface area contributed by atoms with E-state index in [0.717, 1.165) is 0 Å². The molecule has 5 nitrogen and oxygen atoms in total. The van der Waals surface area contributed by atoms with Crippen LogP contribution in [0.25, 0.3) is 0 Å². The van der Waals surface area contributed by atoms with Gasteiger partial charge in [0.1, 0.15) is 6.04 Å². The lowest BCUT2D eigenvalue weighted by Gasteiger charge is -2.24. The predicted molar refractivity (Wildman–Crippen MR) is 59.6 cm³/mol. The van der Waals surface area contributed by atoms with E-state index >= 15 is 0 Å². The van der Waals surface area contributed by atoms with Gasteiger partial charge < -0.3 is 15.5 Å². The summed E-state index contributed by atoms with van der Waals surface area (Å²) in [6.07, 6.45) is 0. The monoisotopic (exact) mass is 215 g/mol. The third-order valence-corrected chi connectivity index (χ3v) is 1.64. The van der Waals surface area contributed by atoms with Crippen molar-refractivity contribution in [1.82, 2.24) is 15.5 Å². The Balaban J connectivity index is 4.17. The molecule has 88 valence electrons. The summed E-state index contributed by atoms with van der Waals surface area (Å²) >= 11 is 0. The van der Waals surface area contributed by atoms with Crippen LogP contribution in [-0.2, 0) is 4.79 Å². The maximum Gasteiger partial charge on any atom is 0.317 e. The molecule has 0 aromatic rings. The lowest BCUT2D eigenvalue weighted by molar-refractivity contribution is -0.123. The normalized spacial score (nSPS) is 12.9. The fraction of sp³-hybridized carbons (Fsp3) is 0.800. The summed E-state index contributed by atoms with van der Waals surface area (Å²) in [5, 5.41) is 5.37. The highest BCUT2D eigenvalue weighted by atomic mass is 16.2. The molecule has 0 rings (SSSR count). The van der Waals surface area contributed by atoms with Crippen LogP contribution in [0.3, 0.4) is 0 Å². The van der Waals surface area contributed by atoms with E-state index < -0.39 is 6.04 Å². The number of hydrogen-bond donors (Lipinski definition) is 2. The number of urea groups is 1. The summed E-state index contributed by atoms with van der Waals surface area (Å²) in [6, 6.07) is -0.800.